The summed E-state index contributed by atoms with van der Waals surface area (Å²) in [6, 6.07) is 6.21. The summed E-state index contributed by atoms with van der Waals surface area (Å²) in [6.45, 7) is 3.46. The van der Waals surface area contributed by atoms with Crippen molar-refractivity contribution in [3.63, 3.8) is 0 Å². The lowest BCUT2D eigenvalue weighted by Crippen LogP contribution is -2.41. The van der Waals surface area contributed by atoms with Crippen molar-refractivity contribution in [1.82, 2.24) is 10.2 Å². The van der Waals surface area contributed by atoms with E-state index in [0.29, 0.717) is 19.6 Å². The Hall–Kier alpha value is -2.59. The number of carbonyl (C=O) groups excluding carboxylic acids is 1. The molecular weight excluding hydrogens is 308 g/mol. The van der Waals surface area contributed by atoms with Crippen molar-refractivity contribution < 1.29 is 9.72 Å². The molecule has 0 bridgehead atoms. The van der Waals surface area contributed by atoms with E-state index < -0.39 is 4.92 Å². The molecule has 2 rings (SSSR count). The SMILES string of the molecule is C#CCN1CCC(C(=O)NCCNc2ccc([N+](=O)[O-])cc2)CC1. The summed E-state index contributed by atoms with van der Waals surface area (Å²) in [6.07, 6.45) is 6.97. The number of nitrogens with one attached hydrogen (secondary N) is 2. The molecule has 1 aliphatic heterocycles. The largest absolute Gasteiger partial charge is 0.383 e. The molecule has 1 aromatic rings. The number of likely N-dealkylation sites (tertiary alicyclic amines) is 1. The highest BCUT2D eigenvalue weighted by molar-refractivity contribution is 5.78. The van der Waals surface area contributed by atoms with Gasteiger partial charge in [0.15, 0.2) is 0 Å². The molecule has 0 aromatic heterocycles. The summed E-state index contributed by atoms with van der Waals surface area (Å²) in [5.41, 5.74) is 0.850. The van der Waals surface area contributed by atoms with Crippen LogP contribution in [-0.4, -0.2) is 48.5 Å². The smallest absolute Gasteiger partial charge is 0.269 e. The number of rotatable bonds is 7. The number of hydrogen-bond donors (Lipinski definition) is 2. The fourth-order valence-electron chi connectivity index (χ4n) is 2.72. The van der Waals surface area contributed by atoms with Gasteiger partial charge >= 0.3 is 0 Å². The van der Waals surface area contributed by atoms with E-state index in [4.69, 9.17) is 6.42 Å². The van der Waals surface area contributed by atoms with E-state index in [2.05, 4.69) is 21.5 Å². The molecular formula is C17H22N4O3. The topological polar surface area (TPSA) is 87.5 Å². The van der Waals surface area contributed by atoms with E-state index >= 15 is 0 Å². The minimum atomic E-state index is -0.432. The zero-order chi connectivity index (χ0) is 17.4. The summed E-state index contributed by atoms with van der Waals surface area (Å²) in [7, 11) is 0. The van der Waals surface area contributed by atoms with Gasteiger partial charge in [0.05, 0.1) is 11.5 Å². The van der Waals surface area contributed by atoms with Crippen molar-refractivity contribution in [2.75, 3.05) is 38.0 Å². The van der Waals surface area contributed by atoms with Crippen LogP contribution in [0.4, 0.5) is 11.4 Å². The molecule has 1 amide bonds. The Morgan fingerprint density at radius 3 is 2.54 bits per heavy atom. The second-order valence-corrected chi connectivity index (χ2v) is 5.78. The Bertz CT molecular complexity index is 601. The number of piperidine rings is 1. The first-order chi connectivity index (χ1) is 11.6. The average molecular weight is 330 g/mol. The van der Waals surface area contributed by atoms with Gasteiger partial charge in [-0.15, -0.1) is 6.42 Å². The number of non-ortho nitro benzene ring substituents is 1. The summed E-state index contributed by atoms with van der Waals surface area (Å²) in [4.78, 5) is 24.4. The molecule has 0 saturated carbocycles. The van der Waals surface area contributed by atoms with Crippen LogP contribution in [0.25, 0.3) is 0 Å². The number of nitrogens with zero attached hydrogens (tertiary/aromatic N) is 2. The van der Waals surface area contributed by atoms with Gasteiger partial charge in [0.2, 0.25) is 5.91 Å². The van der Waals surface area contributed by atoms with Crippen LogP contribution in [0.15, 0.2) is 24.3 Å². The maximum Gasteiger partial charge on any atom is 0.269 e. The first-order valence-electron chi connectivity index (χ1n) is 8.02. The molecule has 0 radical (unpaired) electrons. The number of terminal acetylenes is 1. The molecule has 7 nitrogen and oxygen atoms in total. The molecule has 1 aromatic carbocycles. The number of nitro groups is 1. The number of anilines is 1. The van der Waals surface area contributed by atoms with Crippen LogP contribution in [0.3, 0.4) is 0 Å². The van der Waals surface area contributed by atoms with E-state index in [1.807, 2.05) is 0 Å². The molecule has 1 fully saturated rings. The molecule has 0 aliphatic carbocycles. The van der Waals surface area contributed by atoms with Gasteiger partial charge in [0.25, 0.3) is 5.69 Å². The first-order valence-corrected chi connectivity index (χ1v) is 8.02. The minimum absolute atomic E-state index is 0.0541. The number of amides is 1. The number of hydrogen-bond acceptors (Lipinski definition) is 5. The maximum atomic E-state index is 12.1. The van der Waals surface area contributed by atoms with Gasteiger partial charge in [0.1, 0.15) is 0 Å². The third-order valence-electron chi connectivity index (χ3n) is 4.10. The van der Waals surface area contributed by atoms with Gasteiger partial charge in [-0.25, -0.2) is 0 Å². The fraction of sp³-hybridized carbons (Fsp3) is 0.471. The van der Waals surface area contributed by atoms with Gasteiger partial charge in [-0.1, -0.05) is 5.92 Å². The third kappa shape index (κ3) is 5.25. The summed E-state index contributed by atoms with van der Waals surface area (Å²) in [5, 5.41) is 16.6. The lowest BCUT2D eigenvalue weighted by molar-refractivity contribution is -0.384. The van der Waals surface area contributed by atoms with Crippen LogP contribution < -0.4 is 10.6 Å². The minimum Gasteiger partial charge on any atom is -0.383 e. The lowest BCUT2D eigenvalue weighted by Gasteiger charge is -2.29. The first kappa shape index (κ1) is 17.8. The highest BCUT2D eigenvalue weighted by Crippen LogP contribution is 2.17. The van der Waals surface area contributed by atoms with Crippen LogP contribution in [0.5, 0.6) is 0 Å². The van der Waals surface area contributed by atoms with E-state index in [1.54, 1.807) is 12.1 Å². The second-order valence-electron chi connectivity index (χ2n) is 5.78. The Morgan fingerprint density at radius 2 is 1.96 bits per heavy atom. The summed E-state index contributed by atoms with van der Waals surface area (Å²) < 4.78 is 0. The van der Waals surface area contributed by atoms with Gasteiger partial charge < -0.3 is 10.6 Å². The Kier molecular flexibility index (Phi) is 6.58. The second kappa shape index (κ2) is 8.89. The number of benzene rings is 1. The van der Waals surface area contributed by atoms with E-state index in [-0.39, 0.29) is 17.5 Å². The van der Waals surface area contributed by atoms with Crippen LogP contribution in [0, 0.1) is 28.4 Å². The highest BCUT2D eigenvalue weighted by atomic mass is 16.6. The lowest BCUT2D eigenvalue weighted by atomic mass is 9.96. The Balaban J connectivity index is 1.64. The quantitative estimate of drug-likeness (QED) is 0.342. The summed E-state index contributed by atoms with van der Waals surface area (Å²) >= 11 is 0. The van der Waals surface area contributed by atoms with Crippen molar-refractivity contribution >= 4 is 17.3 Å². The number of carbonyl (C=O) groups is 1. The molecule has 24 heavy (non-hydrogen) atoms. The molecule has 2 N–H and O–H groups in total. The molecule has 0 atom stereocenters. The molecule has 1 heterocycles. The highest BCUT2D eigenvalue weighted by Gasteiger charge is 2.24. The maximum absolute atomic E-state index is 12.1. The average Bonchev–Trinajstić information content (AvgIpc) is 2.60. The van der Waals surface area contributed by atoms with Crippen molar-refractivity contribution in [2.24, 2.45) is 5.92 Å². The molecule has 128 valence electrons. The van der Waals surface area contributed by atoms with E-state index in [1.165, 1.54) is 12.1 Å². The molecule has 0 spiro atoms. The van der Waals surface area contributed by atoms with Gasteiger partial charge in [0, 0.05) is 36.8 Å². The number of nitro benzene ring substituents is 1. The normalized spacial score (nSPS) is 15.5. The predicted octanol–water partition coefficient (Wildman–Crippen LogP) is 1.47. The Labute approximate surface area is 141 Å². The third-order valence-corrected chi connectivity index (χ3v) is 4.10. The fourth-order valence-corrected chi connectivity index (χ4v) is 2.72. The zero-order valence-electron chi connectivity index (χ0n) is 13.5. The molecule has 1 saturated heterocycles. The Morgan fingerprint density at radius 1 is 1.29 bits per heavy atom. The standard InChI is InChI=1S/C17H22N4O3/c1-2-11-20-12-7-14(8-13-20)17(22)19-10-9-18-15-3-5-16(6-4-15)21(23)24/h1,3-6,14,18H,7-13H2,(H,19,22). The van der Waals surface area contributed by atoms with Crippen LogP contribution >= 0.6 is 0 Å². The van der Waals surface area contributed by atoms with E-state index in [9.17, 15) is 14.9 Å². The van der Waals surface area contributed by atoms with Gasteiger partial charge in [-0.05, 0) is 38.1 Å². The molecule has 0 unspecified atom stereocenters. The van der Waals surface area contributed by atoms with Crippen LogP contribution in [-0.2, 0) is 4.79 Å². The van der Waals surface area contributed by atoms with Gasteiger partial charge in [-0.2, -0.15) is 0 Å². The van der Waals surface area contributed by atoms with Crippen molar-refractivity contribution in [3.8, 4) is 12.3 Å². The predicted molar refractivity (Wildman–Crippen MR) is 92.6 cm³/mol. The van der Waals surface area contributed by atoms with Crippen LogP contribution in [0.2, 0.25) is 0 Å². The van der Waals surface area contributed by atoms with Crippen molar-refractivity contribution in [3.05, 3.63) is 34.4 Å². The monoisotopic (exact) mass is 330 g/mol. The van der Waals surface area contributed by atoms with Gasteiger partial charge in [-0.3, -0.25) is 19.8 Å². The van der Waals surface area contributed by atoms with Crippen molar-refractivity contribution in [1.29, 1.82) is 0 Å². The zero-order valence-corrected chi connectivity index (χ0v) is 13.5. The van der Waals surface area contributed by atoms with Crippen LogP contribution in [0.1, 0.15) is 12.8 Å². The van der Waals surface area contributed by atoms with E-state index in [0.717, 1.165) is 31.6 Å². The summed E-state index contributed by atoms with van der Waals surface area (Å²) in [5.74, 6) is 2.77. The van der Waals surface area contributed by atoms with Crippen molar-refractivity contribution in [2.45, 2.75) is 12.8 Å². The molecule has 7 heteroatoms. The molecule has 1 aliphatic rings.